The molecule has 1 saturated carbocycles. The van der Waals surface area contributed by atoms with Gasteiger partial charge in [-0.15, -0.1) is 0 Å². The molecule has 4 nitrogen and oxygen atoms in total. The van der Waals surface area contributed by atoms with Crippen LogP contribution in [0.4, 0.5) is 0 Å². The van der Waals surface area contributed by atoms with Gasteiger partial charge in [-0.1, -0.05) is 32.9 Å². The van der Waals surface area contributed by atoms with E-state index >= 15 is 0 Å². The predicted molar refractivity (Wildman–Crippen MR) is 82.0 cm³/mol. The summed E-state index contributed by atoms with van der Waals surface area (Å²) in [6.07, 6.45) is 1.90. The number of methoxy groups -OCH3 is 1. The summed E-state index contributed by atoms with van der Waals surface area (Å²) in [4.78, 5) is 14.7. The van der Waals surface area contributed by atoms with Crippen LogP contribution in [0.3, 0.4) is 0 Å². The van der Waals surface area contributed by atoms with Crippen molar-refractivity contribution >= 4 is 5.91 Å². The average molecular weight is 288 g/mol. The molecule has 1 heterocycles. The molecule has 3 unspecified atom stereocenters. The van der Waals surface area contributed by atoms with Crippen molar-refractivity contribution in [2.24, 2.45) is 5.41 Å². The van der Waals surface area contributed by atoms with Gasteiger partial charge in [0.05, 0.1) is 13.2 Å². The first-order valence-electron chi connectivity index (χ1n) is 7.70. The van der Waals surface area contributed by atoms with Gasteiger partial charge in [0, 0.05) is 6.04 Å². The lowest BCUT2D eigenvalue weighted by atomic mass is 10.1. The van der Waals surface area contributed by atoms with Gasteiger partial charge in [0.1, 0.15) is 11.9 Å². The minimum absolute atomic E-state index is 0.0138. The topological polar surface area (TPSA) is 41.6 Å². The molecular formula is C17H24N2O2. The van der Waals surface area contributed by atoms with E-state index in [9.17, 15) is 4.79 Å². The third kappa shape index (κ3) is 2.42. The second-order valence-electron chi connectivity index (χ2n) is 6.76. The smallest absolute Gasteiger partial charge is 0.241 e. The van der Waals surface area contributed by atoms with Crippen LogP contribution < -0.4 is 10.1 Å². The molecule has 3 rings (SSSR count). The molecule has 2 aliphatic rings. The zero-order chi connectivity index (χ0) is 15.2. The van der Waals surface area contributed by atoms with Crippen molar-refractivity contribution in [1.29, 1.82) is 0 Å². The number of carbonyl (C=O) groups excluding carboxylic acids is 1. The van der Waals surface area contributed by atoms with Crippen LogP contribution in [0.25, 0.3) is 0 Å². The molecule has 0 radical (unpaired) electrons. The van der Waals surface area contributed by atoms with Crippen molar-refractivity contribution < 1.29 is 9.53 Å². The SMILES string of the molecule is CCC1NC(c2ccc(OC)cc2)N(C2CC2(C)C)C1=O. The van der Waals surface area contributed by atoms with Crippen LogP contribution in [0.2, 0.25) is 0 Å². The summed E-state index contributed by atoms with van der Waals surface area (Å²) in [6.45, 7) is 6.52. The second kappa shape index (κ2) is 5.02. The van der Waals surface area contributed by atoms with Crippen LogP contribution in [0.5, 0.6) is 5.75 Å². The zero-order valence-electron chi connectivity index (χ0n) is 13.2. The Kier molecular flexibility index (Phi) is 3.44. The number of benzene rings is 1. The van der Waals surface area contributed by atoms with Crippen molar-refractivity contribution in [3.8, 4) is 5.75 Å². The standard InChI is InChI=1S/C17H24N2O2/c1-5-13-16(20)19(14-10-17(14,2)3)15(18-13)11-6-8-12(21-4)9-7-11/h6-9,13-15,18H,5,10H2,1-4H3. The van der Waals surface area contributed by atoms with Gasteiger partial charge in [0.25, 0.3) is 0 Å². The van der Waals surface area contributed by atoms with Gasteiger partial charge in [-0.3, -0.25) is 10.1 Å². The number of nitrogens with zero attached hydrogens (tertiary/aromatic N) is 1. The number of rotatable bonds is 4. The Labute approximate surface area is 126 Å². The van der Waals surface area contributed by atoms with Crippen molar-refractivity contribution in [3.05, 3.63) is 29.8 Å². The molecule has 114 valence electrons. The molecule has 4 heteroatoms. The highest BCUT2D eigenvalue weighted by molar-refractivity contribution is 5.85. The first-order chi connectivity index (χ1) is 9.97. The molecule has 1 aliphatic carbocycles. The van der Waals surface area contributed by atoms with Crippen LogP contribution in [0.1, 0.15) is 45.3 Å². The molecule has 1 aromatic carbocycles. The number of hydrogen-bond acceptors (Lipinski definition) is 3. The molecule has 0 bridgehead atoms. The molecule has 1 N–H and O–H groups in total. The molecule has 21 heavy (non-hydrogen) atoms. The number of nitrogens with one attached hydrogen (secondary N) is 1. The fraction of sp³-hybridized carbons (Fsp3) is 0.588. The Balaban J connectivity index is 1.89. The monoisotopic (exact) mass is 288 g/mol. The third-order valence-corrected chi connectivity index (χ3v) is 4.83. The Morgan fingerprint density at radius 3 is 2.43 bits per heavy atom. The van der Waals surface area contributed by atoms with Crippen molar-refractivity contribution in [2.75, 3.05) is 7.11 Å². The highest BCUT2D eigenvalue weighted by atomic mass is 16.5. The zero-order valence-corrected chi connectivity index (χ0v) is 13.2. The van der Waals surface area contributed by atoms with E-state index in [4.69, 9.17) is 4.74 Å². The maximum absolute atomic E-state index is 12.7. The van der Waals surface area contributed by atoms with E-state index in [2.05, 4.69) is 31.0 Å². The average Bonchev–Trinajstić information content (AvgIpc) is 2.97. The minimum Gasteiger partial charge on any atom is -0.497 e. The minimum atomic E-state index is -0.0616. The molecule has 3 atom stereocenters. The summed E-state index contributed by atoms with van der Waals surface area (Å²) in [7, 11) is 1.67. The maximum atomic E-state index is 12.7. The Morgan fingerprint density at radius 1 is 1.33 bits per heavy atom. The molecule has 1 amide bonds. The van der Waals surface area contributed by atoms with E-state index in [-0.39, 0.29) is 23.5 Å². The van der Waals surface area contributed by atoms with Gasteiger partial charge in [-0.25, -0.2) is 0 Å². The summed E-state index contributed by atoms with van der Waals surface area (Å²) < 4.78 is 5.21. The Hall–Kier alpha value is -1.55. The van der Waals surface area contributed by atoms with Gasteiger partial charge in [-0.2, -0.15) is 0 Å². The van der Waals surface area contributed by atoms with Crippen molar-refractivity contribution in [2.45, 2.75) is 51.9 Å². The number of carbonyl (C=O) groups is 1. The quantitative estimate of drug-likeness (QED) is 0.926. The summed E-state index contributed by atoms with van der Waals surface area (Å²) >= 11 is 0. The molecular weight excluding hydrogens is 264 g/mol. The Bertz CT molecular complexity index is 538. The van der Waals surface area contributed by atoms with E-state index in [0.717, 1.165) is 24.2 Å². The predicted octanol–water partition coefficient (Wildman–Crippen LogP) is 2.70. The first-order valence-corrected chi connectivity index (χ1v) is 7.70. The van der Waals surface area contributed by atoms with E-state index in [0.29, 0.717) is 6.04 Å². The van der Waals surface area contributed by atoms with E-state index in [1.165, 1.54) is 0 Å². The van der Waals surface area contributed by atoms with Crippen LogP contribution in [0, 0.1) is 5.41 Å². The van der Waals surface area contributed by atoms with Crippen LogP contribution >= 0.6 is 0 Å². The van der Waals surface area contributed by atoms with Crippen LogP contribution in [0.15, 0.2) is 24.3 Å². The van der Waals surface area contributed by atoms with Crippen LogP contribution in [-0.4, -0.2) is 30.0 Å². The highest BCUT2D eigenvalue weighted by Crippen LogP contribution is 2.52. The fourth-order valence-electron chi connectivity index (χ4n) is 3.23. The highest BCUT2D eigenvalue weighted by Gasteiger charge is 2.56. The second-order valence-corrected chi connectivity index (χ2v) is 6.76. The van der Waals surface area contributed by atoms with Gasteiger partial charge in [-0.05, 0) is 36.0 Å². The molecule has 1 aromatic rings. The van der Waals surface area contributed by atoms with Gasteiger partial charge >= 0.3 is 0 Å². The fourth-order valence-corrected chi connectivity index (χ4v) is 3.23. The summed E-state index contributed by atoms with van der Waals surface area (Å²) in [6, 6.07) is 8.29. The molecule has 0 spiro atoms. The Morgan fingerprint density at radius 2 is 1.95 bits per heavy atom. The molecule has 2 fully saturated rings. The van der Waals surface area contributed by atoms with Gasteiger partial charge in [0.2, 0.25) is 5.91 Å². The lowest BCUT2D eigenvalue weighted by molar-refractivity contribution is -0.131. The normalized spacial score (nSPS) is 30.6. The largest absolute Gasteiger partial charge is 0.497 e. The molecule has 1 aliphatic heterocycles. The lowest BCUT2D eigenvalue weighted by Crippen LogP contribution is -2.35. The third-order valence-electron chi connectivity index (χ3n) is 4.83. The summed E-state index contributed by atoms with van der Waals surface area (Å²) in [5, 5.41) is 3.49. The first kappa shape index (κ1) is 14.4. The lowest BCUT2D eigenvalue weighted by Gasteiger charge is -2.26. The summed E-state index contributed by atoms with van der Waals surface area (Å²) in [5.74, 6) is 1.09. The maximum Gasteiger partial charge on any atom is 0.241 e. The number of ether oxygens (including phenoxy) is 1. The summed E-state index contributed by atoms with van der Waals surface area (Å²) in [5.41, 5.74) is 1.37. The van der Waals surface area contributed by atoms with Crippen molar-refractivity contribution in [1.82, 2.24) is 10.2 Å². The van der Waals surface area contributed by atoms with E-state index in [1.807, 2.05) is 24.3 Å². The van der Waals surface area contributed by atoms with Crippen LogP contribution in [-0.2, 0) is 4.79 Å². The van der Waals surface area contributed by atoms with E-state index < -0.39 is 0 Å². The molecule has 1 saturated heterocycles. The van der Waals surface area contributed by atoms with E-state index in [1.54, 1.807) is 7.11 Å². The molecule has 0 aromatic heterocycles. The van der Waals surface area contributed by atoms with Gasteiger partial charge < -0.3 is 9.64 Å². The van der Waals surface area contributed by atoms with Gasteiger partial charge in [0.15, 0.2) is 0 Å². The van der Waals surface area contributed by atoms with Crippen molar-refractivity contribution in [3.63, 3.8) is 0 Å². The number of hydrogen-bond donors (Lipinski definition) is 1. The number of amides is 1.